The number of thiazole rings is 1. The summed E-state index contributed by atoms with van der Waals surface area (Å²) < 4.78 is 4.74. The molecule has 5 heteroatoms. The van der Waals surface area contributed by atoms with Gasteiger partial charge in [-0.2, -0.15) is 0 Å². The third-order valence-corrected chi connectivity index (χ3v) is 3.30. The molecule has 0 aliphatic rings. The highest BCUT2D eigenvalue weighted by atomic mass is 32.1. The Morgan fingerprint density at radius 2 is 2.40 bits per heavy atom. The summed E-state index contributed by atoms with van der Waals surface area (Å²) in [5.41, 5.74) is 5.92. The minimum Gasteiger partial charge on any atom is -0.469 e. The maximum Gasteiger partial charge on any atom is 0.313 e. The predicted molar refractivity (Wildman–Crippen MR) is 59.7 cm³/mol. The molecule has 1 heterocycles. The Labute approximate surface area is 93.5 Å². The number of rotatable bonds is 4. The molecule has 0 fully saturated rings. The fourth-order valence-electron chi connectivity index (χ4n) is 1.29. The highest BCUT2D eigenvalue weighted by Crippen LogP contribution is 2.24. The molecule has 0 spiro atoms. The van der Waals surface area contributed by atoms with Crippen molar-refractivity contribution in [2.45, 2.75) is 20.3 Å². The molecular formula is C10H16N2O2S. The van der Waals surface area contributed by atoms with Gasteiger partial charge in [0.05, 0.1) is 17.5 Å². The van der Waals surface area contributed by atoms with Gasteiger partial charge in [0.1, 0.15) is 0 Å². The zero-order valence-corrected chi connectivity index (χ0v) is 10.1. The van der Waals surface area contributed by atoms with E-state index in [0.29, 0.717) is 6.42 Å². The minimum absolute atomic E-state index is 0.262. The fourth-order valence-corrected chi connectivity index (χ4v) is 2.25. The largest absolute Gasteiger partial charge is 0.469 e. The highest BCUT2D eigenvalue weighted by molar-refractivity contribution is 7.09. The molecule has 1 rings (SSSR count). The first-order chi connectivity index (χ1) is 7.01. The second-order valence-corrected chi connectivity index (χ2v) is 4.76. The molecule has 0 aliphatic carbocycles. The standard InChI is InChI=1S/C10H16N2O2S/c1-7-5-15-8(12-7)4-10(2,6-11)9(13)14-3/h5H,4,6,11H2,1-3H3. The van der Waals surface area contributed by atoms with Crippen LogP contribution in [0.1, 0.15) is 17.6 Å². The van der Waals surface area contributed by atoms with Gasteiger partial charge in [-0.15, -0.1) is 11.3 Å². The SMILES string of the molecule is COC(=O)C(C)(CN)Cc1nc(C)cs1. The average Bonchev–Trinajstić information content (AvgIpc) is 2.62. The maximum absolute atomic E-state index is 11.6. The summed E-state index contributed by atoms with van der Waals surface area (Å²) in [6, 6.07) is 0. The molecule has 1 atom stereocenters. The van der Waals surface area contributed by atoms with E-state index in [1.165, 1.54) is 7.11 Å². The smallest absolute Gasteiger partial charge is 0.313 e. The summed E-state index contributed by atoms with van der Waals surface area (Å²) in [5.74, 6) is -0.280. The number of ether oxygens (including phenoxy) is 1. The van der Waals surface area contributed by atoms with Gasteiger partial charge in [-0.1, -0.05) is 0 Å². The van der Waals surface area contributed by atoms with Gasteiger partial charge in [-0.05, 0) is 13.8 Å². The Morgan fingerprint density at radius 1 is 1.73 bits per heavy atom. The van der Waals surface area contributed by atoms with Crippen molar-refractivity contribution in [1.29, 1.82) is 0 Å². The number of carbonyl (C=O) groups excluding carboxylic acids is 1. The van der Waals surface area contributed by atoms with Crippen LogP contribution >= 0.6 is 11.3 Å². The molecule has 1 aromatic rings. The van der Waals surface area contributed by atoms with Gasteiger partial charge >= 0.3 is 5.97 Å². The lowest BCUT2D eigenvalue weighted by Gasteiger charge is -2.23. The molecule has 2 N–H and O–H groups in total. The van der Waals surface area contributed by atoms with E-state index in [-0.39, 0.29) is 12.5 Å². The van der Waals surface area contributed by atoms with Crippen LogP contribution in [0.5, 0.6) is 0 Å². The molecule has 0 amide bonds. The van der Waals surface area contributed by atoms with E-state index < -0.39 is 5.41 Å². The van der Waals surface area contributed by atoms with Crippen LogP contribution in [0.4, 0.5) is 0 Å². The van der Waals surface area contributed by atoms with Crippen LogP contribution in [-0.4, -0.2) is 24.6 Å². The number of aromatic nitrogens is 1. The number of esters is 1. The van der Waals surface area contributed by atoms with Crippen molar-refractivity contribution in [2.75, 3.05) is 13.7 Å². The molecule has 15 heavy (non-hydrogen) atoms. The Hall–Kier alpha value is -0.940. The first-order valence-electron chi connectivity index (χ1n) is 4.71. The highest BCUT2D eigenvalue weighted by Gasteiger charge is 2.34. The lowest BCUT2D eigenvalue weighted by Crippen LogP contribution is -2.38. The van der Waals surface area contributed by atoms with E-state index in [2.05, 4.69) is 4.98 Å². The molecule has 84 valence electrons. The molecule has 0 aromatic carbocycles. The van der Waals surface area contributed by atoms with Crippen molar-refractivity contribution < 1.29 is 9.53 Å². The normalized spacial score (nSPS) is 14.7. The van der Waals surface area contributed by atoms with E-state index in [1.807, 2.05) is 12.3 Å². The van der Waals surface area contributed by atoms with E-state index in [1.54, 1.807) is 18.3 Å². The molecule has 1 unspecified atom stereocenters. The van der Waals surface area contributed by atoms with E-state index >= 15 is 0 Å². The van der Waals surface area contributed by atoms with Crippen molar-refractivity contribution in [3.63, 3.8) is 0 Å². The van der Waals surface area contributed by atoms with Crippen LogP contribution in [0.3, 0.4) is 0 Å². The molecule has 1 aromatic heterocycles. The molecular weight excluding hydrogens is 212 g/mol. The summed E-state index contributed by atoms with van der Waals surface area (Å²) in [6.07, 6.45) is 0.536. The van der Waals surface area contributed by atoms with Gasteiger partial charge in [0.15, 0.2) is 0 Å². The molecule has 0 radical (unpaired) electrons. The number of nitrogens with zero attached hydrogens (tertiary/aromatic N) is 1. The number of carbonyl (C=O) groups is 1. The molecule has 0 saturated carbocycles. The second-order valence-electron chi connectivity index (χ2n) is 3.82. The first-order valence-corrected chi connectivity index (χ1v) is 5.59. The van der Waals surface area contributed by atoms with Crippen molar-refractivity contribution in [2.24, 2.45) is 11.1 Å². The van der Waals surface area contributed by atoms with Crippen molar-refractivity contribution in [3.8, 4) is 0 Å². The van der Waals surface area contributed by atoms with Crippen LogP contribution in [0.2, 0.25) is 0 Å². The lowest BCUT2D eigenvalue weighted by molar-refractivity contribution is -0.151. The number of hydrogen-bond acceptors (Lipinski definition) is 5. The van der Waals surface area contributed by atoms with E-state index in [0.717, 1.165) is 10.7 Å². The predicted octanol–water partition coefficient (Wildman–Crippen LogP) is 1.13. The summed E-state index contributed by atoms with van der Waals surface area (Å²) in [6.45, 7) is 3.99. The van der Waals surface area contributed by atoms with Crippen molar-refractivity contribution >= 4 is 17.3 Å². The van der Waals surface area contributed by atoms with Gasteiger partial charge in [0.2, 0.25) is 0 Å². The van der Waals surface area contributed by atoms with Crippen LogP contribution in [0, 0.1) is 12.3 Å². The number of aryl methyl sites for hydroxylation is 1. The summed E-state index contributed by atoms with van der Waals surface area (Å²) in [4.78, 5) is 15.9. The third kappa shape index (κ3) is 2.76. The van der Waals surface area contributed by atoms with Gasteiger partial charge in [-0.3, -0.25) is 4.79 Å². The van der Waals surface area contributed by atoms with Gasteiger partial charge in [-0.25, -0.2) is 4.98 Å². The van der Waals surface area contributed by atoms with Gasteiger partial charge in [0, 0.05) is 24.0 Å². The number of methoxy groups -OCH3 is 1. The number of nitrogens with two attached hydrogens (primary N) is 1. The maximum atomic E-state index is 11.6. The monoisotopic (exact) mass is 228 g/mol. The zero-order chi connectivity index (χ0) is 11.5. The summed E-state index contributed by atoms with van der Waals surface area (Å²) in [7, 11) is 1.38. The number of hydrogen-bond donors (Lipinski definition) is 1. The van der Waals surface area contributed by atoms with Crippen LogP contribution in [0.15, 0.2) is 5.38 Å². The minimum atomic E-state index is -0.668. The van der Waals surface area contributed by atoms with Crippen LogP contribution in [0.25, 0.3) is 0 Å². The van der Waals surface area contributed by atoms with Gasteiger partial charge < -0.3 is 10.5 Å². The van der Waals surface area contributed by atoms with E-state index in [4.69, 9.17) is 10.5 Å². The van der Waals surface area contributed by atoms with Crippen LogP contribution < -0.4 is 5.73 Å². The summed E-state index contributed by atoms with van der Waals surface area (Å²) in [5, 5.41) is 2.88. The molecule has 0 saturated heterocycles. The average molecular weight is 228 g/mol. The third-order valence-electron chi connectivity index (χ3n) is 2.34. The topological polar surface area (TPSA) is 65.2 Å². The Bertz CT molecular complexity index is 351. The quantitative estimate of drug-likeness (QED) is 0.785. The zero-order valence-electron chi connectivity index (χ0n) is 9.24. The lowest BCUT2D eigenvalue weighted by atomic mass is 9.87. The fraction of sp³-hybridized carbons (Fsp3) is 0.600. The van der Waals surface area contributed by atoms with Crippen molar-refractivity contribution in [3.05, 3.63) is 16.1 Å². The Kier molecular flexibility index (Phi) is 3.82. The molecule has 4 nitrogen and oxygen atoms in total. The van der Waals surface area contributed by atoms with E-state index in [9.17, 15) is 4.79 Å². The first kappa shape index (κ1) is 12.1. The summed E-state index contributed by atoms with van der Waals surface area (Å²) >= 11 is 1.55. The Morgan fingerprint density at radius 3 is 2.80 bits per heavy atom. The van der Waals surface area contributed by atoms with Crippen LogP contribution in [-0.2, 0) is 16.0 Å². The Balaban J connectivity index is 2.80. The van der Waals surface area contributed by atoms with Gasteiger partial charge in [0.25, 0.3) is 0 Å². The van der Waals surface area contributed by atoms with Crippen molar-refractivity contribution in [1.82, 2.24) is 4.98 Å². The second kappa shape index (κ2) is 4.72. The molecule has 0 aliphatic heterocycles. The molecule has 0 bridgehead atoms.